The Balaban J connectivity index is 3.09. The Labute approximate surface area is 104 Å². The molecule has 0 fully saturated rings. The quantitative estimate of drug-likeness (QED) is 0.825. The van der Waals surface area contributed by atoms with Crippen molar-refractivity contribution in [3.63, 3.8) is 0 Å². The summed E-state index contributed by atoms with van der Waals surface area (Å²) in [5, 5.41) is 3.36. The first kappa shape index (κ1) is 13.8. The maximum absolute atomic E-state index is 5.30. The maximum atomic E-state index is 5.30. The molecule has 0 radical (unpaired) electrons. The average molecular weight is 237 g/mol. The summed E-state index contributed by atoms with van der Waals surface area (Å²) < 4.78 is 10.6. The van der Waals surface area contributed by atoms with E-state index in [0.29, 0.717) is 12.0 Å². The Morgan fingerprint density at radius 3 is 2.00 bits per heavy atom. The van der Waals surface area contributed by atoms with Gasteiger partial charge in [-0.05, 0) is 30.7 Å². The molecule has 17 heavy (non-hydrogen) atoms. The van der Waals surface area contributed by atoms with E-state index in [2.05, 4.69) is 31.3 Å². The van der Waals surface area contributed by atoms with Gasteiger partial charge in [0.25, 0.3) is 0 Å². The molecular weight excluding hydrogens is 214 g/mol. The van der Waals surface area contributed by atoms with Crippen molar-refractivity contribution in [2.45, 2.75) is 26.3 Å². The van der Waals surface area contributed by atoms with Crippen molar-refractivity contribution >= 4 is 0 Å². The van der Waals surface area contributed by atoms with Gasteiger partial charge in [0.15, 0.2) is 0 Å². The van der Waals surface area contributed by atoms with Crippen molar-refractivity contribution in [2.24, 2.45) is 5.92 Å². The van der Waals surface area contributed by atoms with E-state index in [1.54, 1.807) is 14.2 Å². The van der Waals surface area contributed by atoms with Crippen LogP contribution in [0.5, 0.6) is 11.5 Å². The summed E-state index contributed by atoms with van der Waals surface area (Å²) in [6.07, 6.45) is 1.13. The zero-order valence-electron chi connectivity index (χ0n) is 11.4. The second-order valence-electron chi connectivity index (χ2n) is 4.30. The lowest BCUT2D eigenvalue weighted by Crippen LogP contribution is -2.23. The van der Waals surface area contributed by atoms with Crippen LogP contribution in [-0.2, 0) is 0 Å². The summed E-state index contributed by atoms with van der Waals surface area (Å²) in [7, 11) is 5.34. The van der Waals surface area contributed by atoms with Gasteiger partial charge in [-0.3, -0.25) is 0 Å². The molecule has 0 aliphatic carbocycles. The van der Waals surface area contributed by atoms with Crippen LogP contribution in [0.1, 0.15) is 31.9 Å². The van der Waals surface area contributed by atoms with E-state index < -0.39 is 0 Å². The highest BCUT2D eigenvalue weighted by atomic mass is 16.5. The Kier molecular flexibility index (Phi) is 5.29. The van der Waals surface area contributed by atoms with Crippen LogP contribution < -0.4 is 14.8 Å². The summed E-state index contributed by atoms with van der Waals surface area (Å²) in [5.74, 6) is 2.24. The molecule has 3 nitrogen and oxygen atoms in total. The number of benzene rings is 1. The Morgan fingerprint density at radius 1 is 1.12 bits per heavy atom. The van der Waals surface area contributed by atoms with Crippen molar-refractivity contribution in [2.75, 3.05) is 21.3 Å². The Hall–Kier alpha value is -1.22. The molecule has 0 spiro atoms. The minimum atomic E-state index is 0.323. The fourth-order valence-electron chi connectivity index (χ4n) is 2.02. The monoisotopic (exact) mass is 237 g/mol. The van der Waals surface area contributed by atoms with Gasteiger partial charge >= 0.3 is 0 Å². The highest BCUT2D eigenvalue weighted by molar-refractivity contribution is 5.40. The molecule has 1 aromatic rings. The standard InChI is InChI=1S/C14H23NO2/c1-6-10(2)14(15-3)11-7-12(16-4)9-13(8-11)17-5/h7-10,14-15H,6H2,1-5H3. The SMILES string of the molecule is CCC(C)C(NC)c1cc(OC)cc(OC)c1. The minimum absolute atomic E-state index is 0.323. The van der Waals surface area contributed by atoms with Gasteiger partial charge in [-0.1, -0.05) is 20.3 Å². The molecule has 0 amide bonds. The first-order valence-electron chi connectivity index (χ1n) is 6.06. The average Bonchev–Trinajstić information content (AvgIpc) is 2.38. The highest BCUT2D eigenvalue weighted by Gasteiger charge is 2.17. The molecule has 0 heterocycles. The first-order valence-corrected chi connectivity index (χ1v) is 6.06. The zero-order valence-corrected chi connectivity index (χ0v) is 11.4. The molecule has 0 aliphatic heterocycles. The molecular formula is C14H23NO2. The molecule has 0 aromatic heterocycles. The van der Waals surface area contributed by atoms with Crippen molar-refractivity contribution < 1.29 is 9.47 Å². The largest absolute Gasteiger partial charge is 0.497 e. The number of hydrogen-bond donors (Lipinski definition) is 1. The van der Waals surface area contributed by atoms with Crippen LogP contribution >= 0.6 is 0 Å². The fraction of sp³-hybridized carbons (Fsp3) is 0.571. The molecule has 2 atom stereocenters. The van der Waals surface area contributed by atoms with Crippen LogP contribution in [0, 0.1) is 5.92 Å². The summed E-state index contributed by atoms with van der Waals surface area (Å²) >= 11 is 0. The van der Waals surface area contributed by atoms with Gasteiger partial charge in [-0.15, -0.1) is 0 Å². The van der Waals surface area contributed by atoms with Gasteiger partial charge in [-0.25, -0.2) is 0 Å². The minimum Gasteiger partial charge on any atom is -0.497 e. The lowest BCUT2D eigenvalue weighted by Gasteiger charge is -2.23. The van der Waals surface area contributed by atoms with Crippen molar-refractivity contribution in [1.82, 2.24) is 5.32 Å². The van der Waals surface area contributed by atoms with E-state index in [-0.39, 0.29) is 0 Å². The second kappa shape index (κ2) is 6.50. The van der Waals surface area contributed by atoms with Crippen molar-refractivity contribution in [1.29, 1.82) is 0 Å². The van der Waals surface area contributed by atoms with E-state index in [1.165, 1.54) is 5.56 Å². The Bertz CT molecular complexity index is 330. The number of methoxy groups -OCH3 is 2. The summed E-state index contributed by atoms with van der Waals surface area (Å²) in [6.45, 7) is 4.44. The first-order chi connectivity index (χ1) is 8.15. The van der Waals surface area contributed by atoms with Gasteiger partial charge in [0, 0.05) is 12.1 Å². The van der Waals surface area contributed by atoms with Gasteiger partial charge in [0.1, 0.15) is 11.5 Å². The van der Waals surface area contributed by atoms with Crippen LogP contribution in [0.3, 0.4) is 0 Å². The fourth-order valence-corrected chi connectivity index (χ4v) is 2.02. The summed E-state index contributed by atoms with van der Waals surface area (Å²) in [6, 6.07) is 6.35. The lowest BCUT2D eigenvalue weighted by molar-refractivity contribution is 0.378. The van der Waals surface area contributed by atoms with Crippen LogP contribution in [0.4, 0.5) is 0 Å². The van der Waals surface area contributed by atoms with E-state index in [4.69, 9.17) is 9.47 Å². The number of nitrogens with one attached hydrogen (secondary N) is 1. The predicted molar refractivity (Wildman–Crippen MR) is 70.8 cm³/mol. The summed E-state index contributed by atoms with van der Waals surface area (Å²) in [4.78, 5) is 0. The normalized spacial score (nSPS) is 14.2. The molecule has 1 aromatic carbocycles. The molecule has 0 saturated carbocycles. The van der Waals surface area contributed by atoms with Crippen molar-refractivity contribution in [3.05, 3.63) is 23.8 Å². The third-order valence-corrected chi connectivity index (χ3v) is 3.26. The van der Waals surface area contributed by atoms with E-state index >= 15 is 0 Å². The van der Waals surface area contributed by atoms with Crippen LogP contribution in [0.15, 0.2) is 18.2 Å². The number of hydrogen-bond acceptors (Lipinski definition) is 3. The molecule has 0 bridgehead atoms. The molecule has 1 rings (SSSR count). The lowest BCUT2D eigenvalue weighted by atomic mass is 9.92. The predicted octanol–water partition coefficient (Wildman–Crippen LogP) is 3.01. The second-order valence-corrected chi connectivity index (χ2v) is 4.30. The van der Waals surface area contributed by atoms with Gasteiger partial charge < -0.3 is 14.8 Å². The van der Waals surface area contributed by atoms with E-state index in [9.17, 15) is 0 Å². The third kappa shape index (κ3) is 3.37. The Morgan fingerprint density at radius 2 is 1.65 bits per heavy atom. The van der Waals surface area contributed by atoms with E-state index in [1.807, 2.05) is 13.1 Å². The molecule has 0 aliphatic rings. The number of ether oxygens (including phenoxy) is 2. The smallest absolute Gasteiger partial charge is 0.122 e. The molecule has 3 heteroatoms. The summed E-state index contributed by atoms with van der Waals surface area (Å²) in [5.41, 5.74) is 1.21. The van der Waals surface area contributed by atoms with Gasteiger partial charge in [0.2, 0.25) is 0 Å². The van der Waals surface area contributed by atoms with Crippen LogP contribution in [0.2, 0.25) is 0 Å². The van der Waals surface area contributed by atoms with E-state index in [0.717, 1.165) is 17.9 Å². The zero-order chi connectivity index (χ0) is 12.8. The molecule has 1 N–H and O–H groups in total. The topological polar surface area (TPSA) is 30.5 Å². The maximum Gasteiger partial charge on any atom is 0.122 e. The molecule has 2 unspecified atom stereocenters. The van der Waals surface area contributed by atoms with Crippen LogP contribution in [0.25, 0.3) is 0 Å². The molecule has 0 saturated heterocycles. The third-order valence-electron chi connectivity index (χ3n) is 3.26. The van der Waals surface area contributed by atoms with Crippen molar-refractivity contribution in [3.8, 4) is 11.5 Å². The van der Waals surface area contributed by atoms with Gasteiger partial charge in [0.05, 0.1) is 14.2 Å². The molecule has 96 valence electrons. The van der Waals surface area contributed by atoms with Crippen LogP contribution in [-0.4, -0.2) is 21.3 Å². The number of rotatable bonds is 6. The van der Waals surface area contributed by atoms with Gasteiger partial charge in [-0.2, -0.15) is 0 Å². The highest BCUT2D eigenvalue weighted by Crippen LogP contribution is 2.30.